The lowest BCUT2D eigenvalue weighted by Gasteiger charge is -2.27. The summed E-state index contributed by atoms with van der Waals surface area (Å²) in [4.78, 5) is 34.3. The van der Waals surface area contributed by atoms with Crippen molar-refractivity contribution in [1.29, 1.82) is 0 Å². The SMILES string of the molecule is O=C(Nc1ccc(F)c([N+](=O)[O-])c1)C1=NN(C2CCS(=O)(=O)C2)C(=O)CC1. The van der Waals surface area contributed by atoms with Crippen LogP contribution in [0, 0.1) is 15.9 Å². The van der Waals surface area contributed by atoms with Crippen molar-refractivity contribution in [2.75, 3.05) is 16.8 Å². The molecule has 1 atom stereocenters. The number of halogens is 1. The second-order valence-electron chi connectivity index (χ2n) is 6.22. The minimum absolute atomic E-state index is 0.00249. The van der Waals surface area contributed by atoms with E-state index in [2.05, 4.69) is 10.4 Å². The number of hydrazone groups is 1. The third kappa shape index (κ3) is 4.10. The fourth-order valence-corrected chi connectivity index (χ4v) is 4.61. The number of nitro benzene ring substituents is 1. The molecule has 12 heteroatoms. The summed E-state index contributed by atoms with van der Waals surface area (Å²) >= 11 is 0. The van der Waals surface area contributed by atoms with Crippen molar-refractivity contribution in [2.45, 2.75) is 25.3 Å². The number of amides is 2. The molecule has 2 heterocycles. The third-order valence-electron chi connectivity index (χ3n) is 4.28. The topological polar surface area (TPSA) is 139 Å². The van der Waals surface area contributed by atoms with Crippen LogP contribution >= 0.6 is 0 Å². The highest BCUT2D eigenvalue weighted by atomic mass is 32.2. The highest BCUT2D eigenvalue weighted by Crippen LogP contribution is 2.24. The lowest BCUT2D eigenvalue weighted by molar-refractivity contribution is -0.387. The maximum Gasteiger partial charge on any atom is 0.306 e. The van der Waals surface area contributed by atoms with Gasteiger partial charge in [0.2, 0.25) is 11.7 Å². The summed E-state index contributed by atoms with van der Waals surface area (Å²) in [5.41, 5.74) is -0.792. The van der Waals surface area contributed by atoms with Crippen LogP contribution in [0.25, 0.3) is 0 Å². The number of nitrogens with zero attached hydrogens (tertiary/aromatic N) is 3. The van der Waals surface area contributed by atoms with E-state index in [4.69, 9.17) is 0 Å². The molecule has 27 heavy (non-hydrogen) atoms. The zero-order valence-electron chi connectivity index (χ0n) is 13.9. The zero-order chi connectivity index (χ0) is 19.8. The molecule has 1 unspecified atom stereocenters. The molecular formula is C15H15FN4O6S. The van der Waals surface area contributed by atoms with Crippen molar-refractivity contribution in [2.24, 2.45) is 5.10 Å². The van der Waals surface area contributed by atoms with Crippen LogP contribution in [0.1, 0.15) is 19.3 Å². The highest BCUT2D eigenvalue weighted by molar-refractivity contribution is 7.91. The lowest BCUT2D eigenvalue weighted by atomic mass is 10.1. The van der Waals surface area contributed by atoms with E-state index in [9.17, 15) is 32.5 Å². The van der Waals surface area contributed by atoms with Crippen LogP contribution < -0.4 is 5.32 Å². The number of carbonyl (C=O) groups is 2. The van der Waals surface area contributed by atoms with E-state index in [0.717, 1.165) is 23.2 Å². The fourth-order valence-electron chi connectivity index (χ4n) is 2.92. The van der Waals surface area contributed by atoms with E-state index in [0.29, 0.717) is 0 Å². The van der Waals surface area contributed by atoms with E-state index in [1.165, 1.54) is 0 Å². The second-order valence-corrected chi connectivity index (χ2v) is 8.45. The maximum absolute atomic E-state index is 13.4. The van der Waals surface area contributed by atoms with Crippen LogP contribution in [-0.4, -0.2) is 53.4 Å². The Morgan fingerprint density at radius 1 is 1.37 bits per heavy atom. The van der Waals surface area contributed by atoms with Gasteiger partial charge >= 0.3 is 5.69 Å². The van der Waals surface area contributed by atoms with Gasteiger partial charge in [0.05, 0.1) is 22.5 Å². The van der Waals surface area contributed by atoms with E-state index < -0.39 is 38.2 Å². The van der Waals surface area contributed by atoms with Crippen molar-refractivity contribution in [1.82, 2.24) is 5.01 Å². The van der Waals surface area contributed by atoms with Crippen molar-refractivity contribution in [3.05, 3.63) is 34.1 Å². The average molecular weight is 398 g/mol. The summed E-state index contributed by atoms with van der Waals surface area (Å²) in [5.74, 6) is -2.36. The Bertz CT molecular complexity index is 961. The molecule has 1 N–H and O–H groups in total. The molecule has 0 bridgehead atoms. The van der Waals surface area contributed by atoms with Gasteiger partial charge in [-0.25, -0.2) is 13.4 Å². The van der Waals surface area contributed by atoms with Gasteiger partial charge in [0, 0.05) is 24.6 Å². The van der Waals surface area contributed by atoms with Gasteiger partial charge in [-0.05, 0) is 18.6 Å². The molecule has 0 aliphatic carbocycles. The number of sulfone groups is 1. The number of anilines is 1. The molecule has 1 aromatic rings. The Labute approximate surface area is 153 Å². The minimum atomic E-state index is -3.23. The van der Waals surface area contributed by atoms with Crippen LogP contribution in [0.4, 0.5) is 15.8 Å². The van der Waals surface area contributed by atoms with Gasteiger partial charge < -0.3 is 5.32 Å². The largest absolute Gasteiger partial charge is 0.321 e. The molecule has 1 aromatic carbocycles. The van der Waals surface area contributed by atoms with E-state index in [1.54, 1.807) is 0 Å². The average Bonchev–Trinajstić information content (AvgIpc) is 2.96. The first-order chi connectivity index (χ1) is 12.7. The smallest absolute Gasteiger partial charge is 0.306 e. The molecule has 1 fully saturated rings. The van der Waals surface area contributed by atoms with Gasteiger partial charge in [-0.3, -0.25) is 19.7 Å². The molecule has 0 radical (unpaired) electrons. The fraction of sp³-hybridized carbons (Fsp3) is 0.400. The summed E-state index contributed by atoms with van der Waals surface area (Å²) in [7, 11) is -3.23. The van der Waals surface area contributed by atoms with Gasteiger partial charge in [-0.15, -0.1) is 0 Å². The monoisotopic (exact) mass is 398 g/mol. The number of hydrogen-bond acceptors (Lipinski definition) is 7. The predicted molar refractivity (Wildman–Crippen MR) is 92.3 cm³/mol. The molecule has 2 aliphatic heterocycles. The highest BCUT2D eigenvalue weighted by Gasteiger charge is 2.37. The van der Waals surface area contributed by atoms with Crippen molar-refractivity contribution in [3.8, 4) is 0 Å². The normalized spacial score (nSPS) is 21.7. The molecule has 2 amide bonds. The van der Waals surface area contributed by atoms with E-state index in [1.807, 2.05) is 0 Å². The molecule has 3 rings (SSSR count). The van der Waals surface area contributed by atoms with Crippen molar-refractivity contribution in [3.63, 3.8) is 0 Å². The minimum Gasteiger partial charge on any atom is -0.321 e. The van der Waals surface area contributed by atoms with Gasteiger partial charge in [0.15, 0.2) is 9.84 Å². The second kappa shape index (κ2) is 7.02. The Kier molecular flexibility index (Phi) is 4.91. The molecular weight excluding hydrogens is 383 g/mol. The third-order valence-corrected chi connectivity index (χ3v) is 6.03. The summed E-state index contributed by atoms with van der Waals surface area (Å²) in [5, 5.41) is 18.2. The summed E-state index contributed by atoms with van der Waals surface area (Å²) in [6.07, 6.45) is 0.285. The summed E-state index contributed by atoms with van der Waals surface area (Å²) in [6, 6.07) is 2.28. The Hall–Kier alpha value is -2.89. The molecule has 1 saturated heterocycles. The van der Waals surface area contributed by atoms with Gasteiger partial charge in [-0.1, -0.05) is 0 Å². The Balaban J connectivity index is 1.78. The van der Waals surface area contributed by atoms with Gasteiger partial charge in [-0.2, -0.15) is 9.49 Å². The van der Waals surface area contributed by atoms with Crippen LogP contribution in [0.15, 0.2) is 23.3 Å². The van der Waals surface area contributed by atoms with Crippen LogP contribution in [0.5, 0.6) is 0 Å². The van der Waals surface area contributed by atoms with E-state index in [-0.39, 0.29) is 48.1 Å². The molecule has 10 nitrogen and oxygen atoms in total. The number of benzene rings is 1. The van der Waals surface area contributed by atoms with Crippen LogP contribution in [-0.2, 0) is 19.4 Å². The molecule has 144 valence electrons. The van der Waals surface area contributed by atoms with Crippen molar-refractivity contribution < 1.29 is 27.3 Å². The quantitative estimate of drug-likeness (QED) is 0.589. The lowest BCUT2D eigenvalue weighted by Crippen LogP contribution is -2.42. The Morgan fingerprint density at radius 2 is 2.11 bits per heavy atom. The number of rotatable bonds is 4. The number of nitrogens with one attached hydrogen (secondary N) is 1. The van der Waals surface area contributed by atoms with Gasteiger partial charge in [0.25, 0.3) is 5.91 Å². The zero-order valence-corrected chi connectivity index (χ0v) is 14.7. The molecule has 0 spiro atoms. The first kappa shape index (κ1) is 18.9. The first-order valence-corrected chi connectivity index (χ1v) is 9.84. The molecule has 0 saturated carbocycles. The Morgan fingerprint density at radius 3 is 2.74 bits per heavy atom. The van der Waals surface area contributed by atoms with Crippen molar-refractivity contribution >= 4 is 38.7 Å². The predicted octanol–water partition coefficient (Wildman–Crippen LogP) is 0.838. The number of carbonyl (C=O) groups excluding carboxylic acids is 2. The first-order valence-electron chi connectivity index (χ1n) is 8.01. The molecule has 2 aliphatic rings. The standard InChI is InChI=1S/C15H15FN4O6S/c16-11-2-1-9(7-13(11)20(23)24)17-15(22)12-3-4-14(21)19(18-12)10-5-6-27(25,26)8-10/h1-2,7,10H,3-6,8H2,(H,17,22). The summed E-state index contributed by atoms with van der Waals surface area (Å²) < 4.78 is 36.6. The maximum atomic E-state index is 13.4. The number of hydrogen-bond donors (Lipinski definition) is 1. The number of nitro groups is 1. The molecule has 0 aromatic heterocycles. The van der Waals surface area contributed by atoms with Crippen LogP contribution in [0.3, 0.4) is 0 Å². The van der Waals surface area contributed by atoms with Crippen LogP contribution in [0.2, 0.25) is 0 Å². The van der Waals surface area contributed by atoms with E-state index >= 15 is 0 Å². The van der Waals surface area contributed by atoms with Gasteiger partial charge in [0.1, 0.15) is 5.71 Å². The summed E-state index contributed by atoms with van der Waals surface area (Å²) in [6.45, 7) is 0.